The van der Waals surface area contributed by atoms with Gasteiger partial charge < -0.3 is 9.80 Å². The molecule has 178 valence electrons. The molecule has 1 saturated heterocycles. The minimum atomic E-state index is -4.71. The molecule has 1 fully saturated rings. The van der Waals surface area contributed by atoms with Crippen molar-refractivity contribution in [1.29, 1.82) is 0 Å². The molecule has 0 aliphatic carbocycles. The van der Waals surface area contributed by atoms with E-state index in [9.17, 15) is 22.8 Å². The first-order valence-electron chi connectivity index (χ1n) is 10.1. The van der Waals surface area contributed by atoms with E-state index in [-0.39, 0.29) is 25.5 Å². The summed E-state index contributed by atoms with van der Waals surface area (Å²) in [4.78, 5) is 39.9. The summed E-state index contributed by atoms with van der Waals surface area (Å²) in [5, 5.41) is 4.75. The Hall–Kier alpha value is -3.54. The number of halogens is 4. The summed E-state index contributed by atoms with van der Waals surface area (Å²) in [7, 11) is 0. The molecule has 1 aromatic carbocycles. The van der Waals surface area contributed by atoms with E-state index < -0.39 is 34.9 Å². The minimum Gasteiger partial charge on any atom is -0.333 e. The predicted octanol–water partition coefficient (Wildman–Crippen LogP) is 3.11. The second-order valence-electron chi connectivity index (χ2n) is 8.28. The average Bonchev–Trinajstić information content (AvgIpc) is 3.27. The van der Waals surface area contributed by atoms with E-state index in [4.69, 9.17) is 11.6 Å². The van der Waals surface area contributed by atoms with Gasteiger partial charge >= 0.3 is 6.18 Å². The van der Waals surface area contributed by atoms with Gasteiger partial charge in [0.05, 0.1) is 23.6 Å². The van der Waals surface area contributed by atoms with Crippen molar-refractivity contribution in [1.82, 2.24) is 34.5 Å². The zero-order valence-corrected chi connectivity index (χ0v) is 18.9. The summed E-state index contributed by atoms with van der Waals surface area (Å²) in [5.41, 5.74) is -1.86. The van der Waals surface area contributed by atoms with Crippen LogP contribution in [0.2, 0.25) is 5.02 Å². The van der Waals surface area contributed by atoms with Crippen LogP contribution >= 0.6 is 11.6 Å². The number of carbonyl (C=O) groups excluding carboxylic acids is 2. The lowest BCUT2D eigenvalue weighted by Gasteiger charge is -2.46. The quantitative estimate of drug-likeness (QED) is 0.556. The largest absolute Gasteiger partial charge is 0.434 e. The van der Waals surface area contributed by atoms with Crippen molar-refractivity contribution in [3.05, 3.63) is 65.2 Å². The Morgan fingerprint density at radius 3 is 2.56 bits per heavy atom. The standard InChI is InChI=1S/C21H19ClF3N7O2/c1-20(2)11-30(18(33)15-9-26-10-16(28-15)21(23,24)25)6-7-31(20)19(34)17-27-12-32(29-17)14-5-3-4-13(22)8-14/h3-5,8-10,12H,6-7,11H2,1-2H3. The molecule has 0 atom stereocenters. The van der Waals surface area contributed by atoms with Crippen LogP contribution in [0.1, 0.15) is 40.6 Å². The number of alkyl halides is 3. The summed E-state index contributed by atoms with van der Waals surface area (Å²) < 4.78 is 40.2. The topological polar surface area (TPSA) is 97.1 Å². The number of hydrogen-bond acceptors (Lipinski definition) is 6. The molecular weight excluding hydrogens is 475 g/mol. The maximum atomic E-state index is 13.1. The Morgan fingerprint density at radius 2 is 1.88 bits per heavy atom. The van der Waals surface area contributed by atoms with Gasteiger partial charge in [0.1, 0.15) is 12.0 Å². The first-order chi connectivity index (χ1) is 16.0. The van der Waals surface area contributed by atoms with Crippen LogP contribution in [0.15, 0.2) is 43.0 Å². The molecule has 0 unspecified atom stereocenters. The highest BCUT2D eigenvalue weighted by atomic mass is 35.5. The Labute approximate surface area is 197 Å². The van der Waals surface area contributed by atoms with E-state index in [1.165, 1.54) is 20.8 Å². The highest BCUT2D eigenvalue weighted by Gasteiger charge is 2.41. The highest BCUT2D eigenvalue weighted by Crippen LogP contribution is 2.28. The number of amides is 2. The van der Waals surface area contributed by atoms with Gasteiger partial charge in [-0.05, 0) is 32.0 Å². The van der Waals surface area contributed by atoms with Gasteiger partial charge in [-0.1, -0.05) is 17.7 Å². The molecule has 3 aromatic rings. The van der Waals surface area contributed by atoms with Crippen LogP contribution in [0.3, 0.4) is 0 Å². The van der Waals surface area contributed by atoms with Crippen molar-refractivity contribution in [2.45, 2.75) is 25.6 Å². The van der Waals surface area contributed by atoms with Crippen molar-refractivity contribution >= 4 is 23.4 Å². The van der Waals surface area contributed by atoms with Crippen LogP contribution in [0.25, 0.3) is 5.69 Å². The van der Waals surface area contributed by atoms with Gasteiger partial charge in [0.2, 0.25) is 5.82 Å². The van der Waals surface area contributed by atoms with E-state index in [0.29, 0.717) is 16.9 Å². The Balaban J connectivity index is 1.49. The monoisotopic (exact) mass is 493 g/mol. The van der Waals surface area contributed by atoms with Crippen molar-refractivity contribution in [2.75, 3.05) is 19.6 Å². The lowest BCUT2D eigenvalue weighted by molar-refractivity contribution is -0.141. The summed E-state index contributed by atoms with van der Waals surface area (Å²) >= 11 is 6.00. The first kappa shape index (κ1) is 23.6. The SMILES string of the molecule is CC1(C)CN(C(=O)c2cncc(C(F)(F)F)n2)CCN1C(=O)c1ncn(-c2cccc(Cl)c2)n1. The van der Waals surface area contributed by atoms with Gasteiger partial charge in [0.25, 0.3) is 11.8 Å². The second kappa shape index (κ2) is 8.67. The molecule has 9 nitrogen and oxygen atoms in total. The summed E-state index contributed by atoms with van der Waals surface area (Å²) in [6.07, 6.45) is -1.76. The number of hydrogen-bond donors (Lipinski definition) is 0. The number of aromatic nitrogens is 5. The summed E-state index contributed by atoms with van der Waals surface area (Å²) in [6.45, 7) is 3.80. The van der Waals surface area contributed by atoms with Gasteiger partial charge in [-0.15, -0.1) is 5.10 Å². The summed E-state index contributed by atoms with van der Waals surface area (Å²) in [5.74, 6) is -1.16. The van der Waals surface area contributed by atoms with Crippen molar-refractivity contribution in [3.8, 4) is 5.69 Å². The number of carbonyl (C=O) groups is 2. The van der Waals surface area contributed by atoms with E-state index in [1.54, 1.807) is 38.1 Å². The van der Waals surface area contributed by atoms with Crippen molar-refractivity contribution < 1.29 is 22.8 Å². The number of nitrogens with zero attached hydrogens (tertiary/aromatic N) is 7. The highest BCUT2D eigenvalue weighted by molar-refractivity contribution is 6.30. The lowest BCUT2D eigenvalue weighted by atomic mass is 9.98. The maximum absolute atomic E-state index is 13.1. The fourth-order valence-corrected chi connectivity index (χ4v) is 3.88. The molecule has 0 N–H and O–H groups in total. The molecule has 2 amide bonds. The first-order valence-corrected chi connectivity index (χ1v) is 10.5. The van der Waals surface area contributed by atoms with Crippen LogP contribution in [0.5, 0.6) is 0 Å². The van der Waals surface area contributed by atoms with Crippen LogP contribution in [0, 0.1) is 0 Å². The van der Waals surface area contributed by atoms with E-state index in [0.717, 1.165) is 6.20 Å². The average molecular weight is 494 g/mol. The third kappa shape index (κ3) is 4.72. The lowest BCUT2D eigenvalue weighted by Crippen LogP contribution is -2.62. The van der Waals surface area contributed by atoms with Gasteiger partial charge in [0.15, 0.2) is 5.69 Å². The van der Waals surface area contributed by atoms with Gasteiger partial charge in [-0.2, -0.15) is 13.2 Å². The number of benzene rings is 1. The van der Waals surface area contributed by atoms with E-state index in [2.05, 4.69) is 20.1 Å². The normalized spacial score (nSPS) is 15.9. The zero-order chi connectivity index (χ0) is 24.7. The number of piperazine rings is 1. The van der Waals surface area contributed by atoms with Crippen LogP contribution in [-0.4, -0.2) is 71.5 Å². The predicted molar refractivity (Wildman–Crippen MR) is 114 cm³/mol. The Kier molecular flexibility index (Phi) is 6.02. The second-order valence-corrected chi connectivity index (χ2v) is 8.71. The van der Waals surface area contributed by atoms with Gasteiger partial charge in [0, 0.05) is 24.7 Å². The van der Waals surface area contributed by atoms with Crippen LogP contribution < -0.4 is 0 Å². The molecular formula is C21H19ClF3N7O2. The smallest absolute Gasteiger partial charge is 0.333 e. The molecule has 3 heterocycles. The molecule has 4 rings (SSSR count). The van der Waals surface area contributed by atoms with E-state index >= 15 is 0 Å². The molecule has 13 heteroatoms. The maximum Gasteiger partial charge on any atom is 0.434 e. The van der Waals surface area contributed by atoms with Crippen LogP contribution in [-0.2, 0) is 6.18 Å². The Morgan fingerprint density at radius 1 is 1.12 bits per heavy atom. The Bertz CT molecular complexity index is 1240. The third-order valence-corrected chi connectivity index (χ3v) is 5.57. The molecule has 0 radical (unpaired) electrons. The number of rotatable bonds is 3. The zero-order valence-electron chi connectivity index (χ0n) is 18.1. The van der Waals surface area contributed by atoms with E-state index in [1.807, 2.05) is 0 Å². The fourth-order valence-electron chi connectivity index (χ4n) is 3.70. The van der Waals surface area contributed by atoms with Crippen LogP contribution in [0.4, 0.5) is 13.2 Å². The minimum absolute atomic E-state index is 0.0310. The van der Waals surface area contributed by atoms with Crippen molar-refractivity contribution in [2.24, 2.45) is 0 Å². The molecule has 0 spiro atoms. The molecule has 34 heavy (non-hydrogen) atoms. The molecule has 1 aliphatic rings. The molecule has 0 saturated carbocycles. The molecule has 2 aromatic heterocycles. The van der Waals surface area contributed by atoms with Gasteiger partial charge in [-0.3, -0.25) is 14.6 Å². The van der Waals surface area contributed by atoms with Gasteiger partial charge in [-0.25, -0.2) is 14.6 Å². The third-order valence-electron chi connectivity index (χ3n) is 5.33. The fraction of sp³-hybridized carbons (Fsp3) is 0.333. The summed E-state index contributed by atoms with van der Waals surface area (Å²) in [6, 6.07) is 6.90. The van der Waals surface area contributed by atoms with Crippen molar-refractivity contribution in [3.63, 3.8) is 0 Å². The molecule has 1 aliphatic heterocycles. The molecule has 0 bridgehead atoms.